The molecule has 2 heterocycles. The molecule has 0 atom stereocenters. The van der Waals surface area contributed by atoms with E-state index in [9.17, 15) is 0 Å². The first kappa shape index (κ1) is 18.0. The van der Waals surface area contributed by atoms with Gasteiger partial charge in [-0.05, 0) is 12.1 Å². The molecule has 3 rings (SSSR count). The van der Waals surface area contributed by atoms with Crippen molar-refractivity contribution in [3.05, 3.63) is 29.9 Å². The van der Waals surface area contributed by atoms with E-state index < -0.39 is 0 Å². The van der Waals surface area contributed by atoms with Crippen molar-refractivity contribution in [1.82, 2.24) is 15.5 Å². The molecule has 8 heteroatoms. The first-order valence-electron chi connectivity index (χ1n) is 8.85. The van der Waals surface area contributed by atoms with Crippen LogP contribution in [0.3, 0.4) is 0 Å². The van der Waals surface area contributed by atoms with Crippen LogP contribution in [0.15, 0.2) is 27.7 Å². The molecule has 1 aliphatic heterocycles. The van der Waals surface area contributed by atoms with E-state index in [-0.39, 0.29) is 5.92 Å². The average Bonchev–Trinajstić information content (AvgIpc) is 2.99. The molecule has 26 heavy (non-hydrogen) atoms. The van der Waals surface area contributed by atoms with Crippen molar-refractivity contribution in [1.29, 1.82) is 0 Å². The topological polar surface area (TPSA) is 93.8 Å². The minimum atomic E-state index is 0.259. The Bertz CT molecular complexity index is 757. The third-order valence-corrected chi connectivity index (χ3v) is 3.87. The van der Waals surface area contributed by atoms with Crippen LogP contribution in [0.4, 0.5) is 5.69 Å². The van der Waals surface area contributed by atoms with Crippen LogP contribution in [-0.2, 0) is 6.42 Å². The van der Waals surface area contributed by atoms with Gasteiger partial charge in [-0.25, -0.2) is 0 Å². The van der Waals surface area contributed by atoms with Gasteiger partial charge in [-0.3, -0.25) is 4.99 Å². The molecule has 0 saturated carbocycles. The van der Waals surface area contributed by atoms with Crippen molar-refractivity contribution in [3.63, 3.8) is 0 Å². The zero-order valence-electron chi connectivity index (χ0n) is 15.4. The largest absolute Gasteiger partial charge is 0.490 e. The van der Waals surface area contributed by atoms with Crippen LogP contribution in [-0.4, -0.2) is 42.9 Å². The highest BCUT2D eigenvalue weighted by Gasteiger charge is 2.12. The first-order chi connectivity index (χ1) is 12.7. The number of hydrogen-bond acceptors (Lipinski definition) is 6. The summed E-state index contributed by atoms with van der Waals surface area (Å²) >= 11 is 0. The van der Waals surface area contributed by atoms with Crippen molar-refractivity contribution in [2.45, 2.75) is 32.6 Å². The molecule has 8 nitrogen and oxygen atoms in total. The number of guanidine groups is 1. The summed E-state index contributed by atoms with van der Waals surface area (Å²) in [5.74, 6) is 3.78. The molecule has 140 valence electrons. The van der Waals surface area contributed by atoms with Crippen molar-refractivity contribution in [2.24, 2.45) is 4.99 Å². The number of ether oxygens (including phenoxy) is 2. The van der Waals surface area contributed by atoms with Crippen LogP contribution in [0, 0.1) is 0 Å². The maximum atomic E-state index is 5.71. The van der Waals surface area contributed by atoms with Gasteiger partial charge < -0.3 is 24.6 Å². The number of hydrogen-bond donors (Lipinski definition) is 2. The van der Waals surface area contributed by atoms with Gasteiger partial charge in [0.15, 0.2) is 23.3 Å². The van der Waals surface area contributed by atoms with Gasteiger partial charge in [-0.2, -0.15) is 4.98 Å². The van der Waals surface area contributed by atoms with Gasteiger partial charge >= 0.3 is 0 Å². The van der Waals surface area contributed by atoms with E-state index in [1.54, 1.807) is 7.05 Å². The highest BCUT2D eigenvalue weighted by Crippen LogP contribution is 2.32. The van der Waals surface area contributed by atoms with Crippen molar-refractivity contribution in [3.8, 4) is 11.5 Å². The van der Waals surface area contributed by atoms with Crippen molar-refractivity contribution in [2.75, 3.05) is 32.1 Å². The number of anilines is 1. The van der Waals surface area contributed by atoms with E-state index in [1.807, 2.05) is 32.0 Å². The van der Waals surface area contributed by atoms with E-state index in [1.165, 1.54) is 0 Å². The van der Waals surface area contributed by atoms with Gasteiger partial charge in [0.25, 0.3) is 0 Å². The Kier molecular flexibility index (Phi) is 5.93. The summed E-state index contributed by atoms with van der Waals surface area (Å²) in [7, 11) is 1.72. The second-order valence-electron chi connectivity index (χ2n) is 6.29. The fourth-order valence-electron chi connectivity index (χ4n) is 2.45. The zero-order chi connectivity index (χ0) is 18.4. The van der Waals surface area contributed by atoms with E-state index in [2.05, 4.69) is 25.8 Å². The SMILES string of the molecule is CN=C(NCCc1nc(C(C)C)no1)Nc1ccc2c(c1)OCCCO2. The summed E-state index contributed by atoms with van der Waals surface area (Å²) < 4.78 is 16.6. The highest BCUT2D eigenvalue weighted by molar-refractivity contribution is 5.93. The Morgan fingerprint density at radius 1 is 1.23 bits per heavy atom. The fraction of sp³-hybridized carbons (Fsp3) is 0.500. The molecule has 0 spiro atoms. The van der Waals surface area contributed by atoms with E-state index >= 15 is 0 Å². The average molecular weight is 359 g/mol. The summed E-state index contributed by atoms with van der Waals surface area (Å²) in [5.41, 5.74) is 0.877. The molecule has 0 fully saturated rings. The zero-order valence-corrected chi connectivity index (χ0v) is 15.4. The number of fused-ring (bicyclic) bond motifs is 1. The minimum Gasteiger partial charge on any atom is -0.490 e. The molecule has 0 amide bonds. The standard InChI is InChI=1S/C18H25N5O3/c1-12(2)17-22-16(26-23-17)7-8-20-18(19-3)21-13-5-6-14-15(11-13)25-10-4-9-24-14/h5-6,11-12H,4,7-10H2,1-3H3,(H2,19,20,21). The van der Waals surface area contributed by atoms with Crippen LogP contribution in [0.1, 0.15) is 37.9 Å². The van der Waals surface area contributed by atoms with Gasteiger partial charge in [0.05, 0.1) is 13.2 Å². The van der Waals surface area contributed by atoms with Gasteiger partial charge in [0, 0.05) is 44.1 Å². The second kappa shape index (κ2) is 8.55. The summed E-state index contributed by atoms with van der Waals surface area (Å²) in [6.07, 6.45) is 1.51. The molecule has 1 aliphatic rings. The molecule has 2 aromatic rings. The number of benzene rings is 1. The molecule has 0 unspecified atom stereocenters. The third-order valence-electron chi connectivity index (χ3n) is 3.87. The summed E-state index contributed by atoms with van der Waals surface area (Å²) in [6, 6.07) is 5.76. The summed E-state index contributed by atoms with van der Waals surface area (Å²) in [4.78, 5) is 8.60. The Hall–Kier alpha value is -2.77. The van der Waals surface area contributed by atoms with Gasteiger partial charge in [-0.15, -0.1) is 0 Å². The second-order valence-corrected chi connectivity index (χ2v) is 6.29. The Labute approximate surface area is 153 Å². The Balaban J connectivity index is 1.53. The lowest BCUT2D eigenvalue weighted by atomic mass is 10.2. The maximum Gasteiger partial charge on any atom is 0.228 e. The van der Waals surface area contributed by atoms with Crippen LogP contribution >= 0.6 is 0 Å². The monoisotopic (exact) mass is 359 g/mol. The summed E-state index contributed by atoms with van der Waals surface area (Å²) in [5, 5.41) is 10.4. The van der Waals surface area contributed by atoms with Gasteiger partial charge in [-0.1, -0.05) is 19.0 Å². The van der Waals surface area contributed by atoms with E-state index in [4.69, 9.17) is 14.0 Å². The van der Waals surface area contributed by atoms with Crippen molar-refractivity contribution < 1.29 is 14.0 Å². The Morgan fingerprint density at radius 3 is 2.77 bits per heavy atom. The molecular formula is C18H25N5O3. The van der Waals surface area contributed by atoms with Crippen LogP contribution in [0.25, 0.3) is 0 Å². The molecular weight excluding hydrogens is 334 g/mol. The predicted octanol–water partition coefficient (Wildman–Crippen LogP) is 2.58. The quantitative estimate of drug-likeness (QED) is 0.626. The van der Waals surface area contributed by atoms with Crippen LogP contribution in [0.2, 0.25) is 0 Å². The fourth-order valence-corrected chi connectivity index (χ4v) is 2.45. The molecule has 0 saturated heterocycles. The van der Waals surface area contributed by atoms with E-state index in [0.29, 0.717) is 38.0 Å². The lowest BCUT2D eigenvalue weighted by molar-refractivity contribution is 0.297. The van der Waals surface area contributed by atoms with E-state index in [0.717, 1.165) is 29.4 Å². The molecule has 0 radical (unpaired) electrons. The number of rotatable bonds is 5. The molecule has 0 bridgehead atoms. The Morgan fingerprint density at radius 2 is 2.04 bits per heavy atom. The number of aromatic nitrogens is 2. The highest BCUT2D eigenvalue weighted by atomic mass is 16.5. The predicted molar refractivity (Wildman–Crippen MR) is 99.1 cm³/mol. The molecule has 1 aromatic carbocycles. The van der Waals surface area contributed by atoms with Gasteiger partial charge in [0.2, 0.25) is 5.89 Å². The third kappa shape index (κ3) is 4.65. The van der Waals surface area contributed by atoms with Crippen LogP contribution in [0.5, 0.6) is 11.5 Å². The van der Waals surface area contributed by atoms with Crippen molar-refractivity contribution >= 4 is 11.6 Å². The van der Waals surface area contributed by atoms with Crippen LogP contribution < -0.4 is 20.1 Å². The number of nitrogens with zero attached hydrogens (tertiary/aromatic N) is 3. The number of nitrogens with one attached hydrogen (secondary N) is 2. The molecule has 1 aromatic heterocycles. The smallest absolute Gasteiger partial charge is 0.228 e. The van der Waals surface area contributed by atoms with Gasteiger partial charge in [0.1, 0.15) is 0 Å². The normalized spacial score (nSPS) is 14.2. The number of aliphatic imine (C=N–C) groups is 1. The lowest BCUT2D eigenvalue weighted by Gasteiger charge is -2.13. The minimum absolute atomic E-state index is 0.259. The first-order valence-corrected chi connectivity index (χ1v) is 8.85. The maximum absolute atomic E-state index is 5.71. The molecule has 2 N–H and O–H groups in total. The summed E-state index contributed by atoms with van der Waals surface area (Å²) in [6.45, 7) is 6.04. The molecule has 0 aliphatic carbocycles. The lowest BCUT2D eigenvalue weighted by Crippen LogP contribution is -2.32.